The Kier molecular flexibility index (Phi) is 5.13. The van der Waals surface area contributed by atoms with Crippen molar-refractivity contribution in [1.82, 2.24) is 15.1 Å². The fourth-order valence-electron chi connectivity index (χ4n) is 3.38. The second-order valence-electron chi connectivity index (χ2n) is 6.80. The van der Waals surface area contributed by atoms with Gasteiger partial charge in [-0.15, -0.1) is 0 Å². The average molecular weight is 367 g/mol. The van der Waals surface area contributed by atoms with Crippen molar-refractivity contribution >= 4 is 11.8 Å². The van der Waals surface area contributed by atoms with Crippen LogP contribution in [0.5, 0.6) is 5.75 Å². The normalized spacial score (nSPS) is 22.4. The van der Waals surface area contributed by atoms with Crippen LogP contribution in [0.25, 0.3) is 0 Å². The quantitative estimate of drug-likeness (QED) is 0.875. The van der Waals surface area contributed by atoms with Crippen molar-refractivity contribution in [2.75, 3.05) is 39.8 Å². The maximum atomic E-state index is 13.3. The Balaban J connectivity index is 1.58. The average Bonchev–Trinajstić information content (AvgIpc) is 3.01. The molecule has 26 heavy (non-hydrogen) atoms. The summed E-state index contributed by atoms with van der Waals surface area (Å²) in [4.78, 5) is 28.2. The van der Waals surface area contributed by atoms with E-state index < -0.39 is 24.9 Å². The fourth-order valence-corrected chi connectivity index (χ4v) is 3.38. The van der Waals surface area contributed by atoms with Crippen molar-refractivity contribution in [3.8, 4) is 5.75 Å². The van der Waals surface area contributed by atoms with E-state index in [9.17, 15) is 18.4 Å². The maximum absolute atomic E-state index is 13.3. The van der Waals surface area contributed by atoms with Crippen molar-refractivity contribution in [1.29, 1.82) is 0 Å². The van der Waals surface area contributed by atoms with Crippen LogP contribution in [-0.2, 0) is 4.79 Å². The number of piperazine rings is 1. The maximum Gasteiger partial charge on any atom is 0.262 e. The molecule has 6 nitrogen and oxygen atoms in total. The Labute approximate surface area is 151 Å². The highest BCUT2D eigenvalue weighted by Gasteiger charge is 2.43. The van der Waals surface area contributed by atoms with Gasteiger partial charge in [0.25, 0.3) is 11.8 Å². The Morgan fingerprint density at radius 1 is 1.19 bits per heavy atom. The van der Waals surface area contributed by atoms with Crippen molar-refractivity contribution in [3.05, 3.63) is 29.3 Å². The summed E-state index contributed by atoms with van der Waals surface area (Å²) in [6.07, 6.45) is -0.464. The lowest BCUT2D eigenvalue weighted by molar-refractivity contribution is -0.135. The lowest BCUT2D eigenvalue weighted by atomic mass is 10.1. The molecule has 0 saturated carbocycles. The minimum atomic E-state index is -2.83. The molecule has 2 aliphatic heterocycles. The number of halogens is 2. The van der Waals surface area contributed by atoms with Gasteiger partial charge in [-0.25, -0.2) is 8.78 Å². The summed E-state index contributed by atoms with van der Waals surface area (Å²) in [5, 5.41) is 2.59. The van der Waals surface area contributed by atoms with E-state index in [-0.39, 0.29) is 11.8 Å². The highest BCUT2D eigenvalue weighted by Crippen LogP contribution is 2.26. The van der Waals surface area contributed by atoms with E-state index in [0.717, 1.165) is 5.56 Å². The standard InChI is InChI=1S/C18H23F2N3O3/c1-12-3-4-13(9-15(12)26-2)16(24)22-5-7-23(8-6-22)17(25)14-10-18(19,20)11-21-14/h3-4,9,14,21H,5-8,10-11H2,1-2H3. The predicted molar refractivity (Wildman–Crippen MR) is 91.6 cm³/mol. The first-order valence-corrected chi connectivity index (χ1v) is 8.65. The first-order chi connectivity index (χ1) is 12.3. The Morgan fingerprint density at radius 3 is 2.42 bits per heavy atom. The summed E-state index contributed by atoms with van der Waals surface area (Å²) >= 11 is 0. The topological polar surface area (TPSA) is 61.9 Å². The number of hydrogen-bond acceptors (Lipinski definition) is 4. The highest BCUT2D eigenvalue weighted by atomic mass is 19.3. The molecule has 1 N–H and O–H groups in total. The molecule has 2 aliphatic rings. The molecule has 0 spiro atoms. The Hall–Kier alpha value is -2.22. The van der Waals surface area contributed by atoms with Crippen LogP contribution >= 0.6 is 0 Å². The number of carbonyl (C=O) groups is 2. The van der Waals surface area contributed by atoms with Crippen LogP contribution in [0.15, 0.2) is 18.2 Å². The minimum Gasteiger partial charge on any atom is -0.496 e. The molecule has 2 heterocycles. The fraction of sp³-hybridized carbons (Fsp3) is 0.556. The number of carbonyl (C=O) groups excluding carboxylic acids is 2. The Bertz CT molecular complexity index is 703. The first kappa shape index (κ1) is 18.6. The molecule has 0 aromatic heterocycles. The largest absolute Gasteiger partial charge is 0.496 e. The third kappa shape index (κ3) is 3.80. The minimum absolute atomic E-state index is 0.124. The molecule has 1 aromatic carbocycles. The molecule has 0 bridgehead atoms. The number of rotatable bonds is 3. The van der Waals surface area contributed by atoms with Crippen molar-refractivity contribution in [3.63, 3.8) is 0 Å². The molecule has 8 heteroatoms. The van der Waals surface area contributed by atoms with Gasteiger partial charge in [-0.05, 0) is 24.6 Å². The molecule has 1 aromatic rings. The number of ether oxygens (including phenoxy) is 1. The summed E-state index contributed by atoms with van der Waals surface area (Å²) in [6, 6.07) is 4.45. The third-order valence-corrected chi connectivity index (χ3v) is 4.94. The molecule has 2 fully saturated rings. The van der Waals surface area contributed by atoms with Crippen LogP contribution in [0.4, 0.5) is 8.78 Å². The number of nitrogens with zero attached hydrogens (tertiary/aromatic N) is 2. The number of methoxy groups -OCH3 is 1. The van der Waals surface area contributed by atoms with Gasteiger partial charge in [-0.3, -0.25) is 14.9 Å². The van der Waals surface area contributed by atoms with E-state index in [1.165, 1.54) is 0 Å². The summed E-state index contributed by atoms with van der Waals surface area (Å²) < 4.78 is 31.8. The first-order valence-electron chi connectivity index (χ1n) is 8.65. The van der Waals surface area contributed by atoms with Crippen molar-refractivity contribution in [2.45, 2.75) is 25.3 Å². The molecule has 0 radical (unpaired) electrons. The second-order valence-corrected chi connectivity index (χ2v) is 6.80. The van der Waals surface area contributed by atoms with Crippen LogP contribution in [-0.4, -0.2) is 73.4 Å². The van der Waals surface area contributed by atoms with E-state index >= 15 is 0 Å². The highest BCUT2D eigenvalue weighted by molar-refractivity contribution is 5.95. The van der Waals surface area contributed by atoms with Crippen LogP contribution < -0.4 is 10.1 Å². The molecule has 1 atom stereocenters. The zero-order valence-corrected chi connectivity index (χ0v) is 14.9. The van der Waals surface area contributed by atoms with E-state index in [2.05, 4.69) is 5.32 Å². The molecule has 2 amide bonds. The third-order valence-electron chi connectivity index (χ3n) is 4.94. The smallest absolute Gasteiger partial charge is 0.262 e. The van der Waals surface area contributed by atoms with Gasteiger partial charge < -0.3 is 14.5 Å². The van der Waals surface area contributed by atoms with Gasteiger partial charge in [0.05, 0.1) is 19.7 Å². The van der Waals surface area contributed by atoms with Gasteiger partial charge in [-0.2, -0.15) is 0 Å². The van der Waals surface area contributed by atoms with Gasteiger partial charge in [0.1, 0.15) is 5.75 Å². The van der Waals surface area contributed by atoms with Gasteiger partial charge >= 0.3 is 0 Å². The van der Waals surface area contributed by atoms with Gasteiger partial charge in [-0.1, -0.05) is 6.07 Å². The number of aryl methyl sites for hydroxylation is 1. The summed E-state index contributed by atoms with van der Waals surface area (Å²) in [5.41, 5.74) is 1.48. The SMILES string of the molecule is COc1cc(C(=O)N2CCN(C(=O)C3CC(F)(F)CN3)CC2)ccc1C. The van der Waals surface area contributed by atoms with Gasteiger partial charge in [0.2, 0.25) is 5.91 Å². The summed E-state index contributed by atoms with van der Waals surface area (Å²) in [7, 11) is 1.56. The zero-order valence-electron chi connectivity index (χ0n) is 14.9. The number of alkyl halides is 2. The van der Waals surface area contributed by atoms with Crippen molar-refractivity contribution in [2.24, 2.45) is 0 Å². The molecular formula is C18H23F2N3O3. The van der Waals surface area contributed by atoms with E-state index in [0.29, 0.717) is 37.5 Å². The number of nitrogens with one attached hydrogen (secondary N) is 1. The van der Waals surface area contributed by atoms with Crippen LogP contribution in [0.1, 0.15) is 22.3 Å². The summed E-state index contributed by atoms with van der Waals surface area (Å²) in [5.74, 6) is -2.62. The molecule has 1 unspecified atom stereocenters. The molecule has 2 saturated heterocycles. The van der Waals surface area contributed by atoms with Gasteiger partial charge in [0.15, 0.2) is 0 Å². The second kappa shape index (κ2) is 7.19. The van der Waals surface area contributed by atoms with Crippen LogP contribution in [0, 0.1) is 6.92 Å². The predicted octanol–water partition coefficient (Wildman–Crippen LogP) is 1.29. The molecule has 142 valence electrons. The molecule has 3 rings (SSSR count). The van der Waals surface area contributed by atoms with E-state index in [1.807, 2.05) is 13.0 Å². The lowest BCUT2D eigenvalue weighted by Crippen LogP contribution is -2.54. The number of amides is 2. The Morgan fingerprint density at radius 2 is 1.85 bits per heavy atom. The molecule has 0 aliphatic carbocycles. The van der Waals surface area contributed by atoms with E-state index in [1.54, 1.807) is 29.0 Å². The van der Waals surface area contributed by atoms with Crippen LogP contribution in [0.2, 0.25) is 0 Å². The lowest BCUT2D eigenvalue weighted by Gasteiger charge is -2.36. The van der Waals surface area contributed by atoms with E-state index in [4.69, 9.17) is 4.74 Å². The van der Waals surface area contributed by atoms with Crippen molar-refractivity contribution < 1.29 is 23.1 Å². The monoisotopic (exact) mass is 367 g/mol. The zero-order chi connectivity index (χ0) is 18.9. The molecular weight excluding hydrogens is 344 g/mol. The number of benzene rings is 1. The van der Waals surface area contributed by atoms with Gasteiger partial charge in [0, 0.05) is 38.2 Å². The van der Waals surface area contributed by atoms with Crippen LogP contribution in [0.3, 0.4) is 0 Å². The number of hydrogen-bond donors (Lipinski definition) is 1. The summed E-state index contributed by atoms with van der Waals surface area (Å²) in [6.45, 7) is 2.89.